The van der Waals surface area contributed by atoms with Gasteiger partial charge in [0.15, 0.2) is 11.6 Å². The molecule has 6 heteroatoms. The van der Waals surface area contributed by atoms with Gasteiger partial charge in [0.05, 0.1) is 11.0 Å². The van der Waals surface area contributed by atoms with E-state index in [1.807, 2.05) is 79.7 Å². The van der Waals surface area contributed by atoms with Crippen molar-refractivity contribution in [1.29, 1.82) is 0 Å². The second-order valence-electron chi connectivity index (χ2n) is 9.12. The maximum absolute atomic E-state index is 11.0. The molecular weight excluding hydrogens is 560 g/mol. The van der Waals surface area contributed by atoms with Crippen LogP contribution >= 0.6 is 15.9 Å². The summed E-state index contributed by atoms with van der Waals surface area (Å²) in [7, 11) is 0. The molecular formula is C34H23BrN4O. The average molecular weight is 583 g/mol. The summed E-state index contributed by atoms with van der Waals surface area (Å²) in [5.41, 5.74) is 4.59. The number of allylic oxidation sites excluding steroid dienone is 4. The van der Waals surface area contributed by atoms with Crippen LogP contribution in [-0.2, 0) is 0 Å². The third-order valence-electron chi connectivity index (χ3n) is 6.66. The number of aromatic nitrogens is 4. The van der Waals surface area contributed by atoms with E-state index >= 15 is 0 Å². The zero-order valence-corrected chi connectivity index (χ0v) is 23.2. The zero-order valence-electron chi connectivity index (χ0n) is 21.6. The summed E-state index contributed by atoms with van der Waals surface area (Å²) >= 11 is 3.75. The van der Waals surface area contributed by atoms with Gasteiger partial charge in [-0.1, -0.05) is 84.8 Å². The van der Waals surface area contributed by atoms with Crippen LogP contribution in [0.1, 0.15) is 12.5 Å². The molecule has 0 unspecified atom stereocenters. The Morgan fingerprint density at radius 2 is 1.57 bits per heavy atom. The maximum atomic E-state index is 11.0. The predicted molar refractivity (Wildman–Crippen MR) is 166 cm³/mol. The van der Waals surface area contributed by atoms with Gasteiger partial charge in [0.25, 0.3) is 0 Å². The fourth-order valence-electron chi connectivity index (χ4n) is 4.80. The van der Waals surface area contributed by atoms with Crippen molar-refractivity contribution in [3.8, 4) is 46.8 Å². The van der Waals surface area contributed by atoms with Crippen molar-refractivity contribution in [2.75, 3.05) is 0 Å². The molecule has 0 saturated heterocycles. The van der Waals surface area contributed by atoms with Gasteiger partial charge in [-0.25, -0.2) is 4.98 Å². The van der Waals surface area contributed by atoms with Gasteiger partial charge in [-0.2, -0.15) is 9.97 Å². The Hall–Kier alpha value is -4.99. The van der Waals surface area contributed by atoms with Gasteiger partial charge in [-0.15, -0.1) is 6.42 Å². The first kappa shape index (κ1) is 25.3. The predicted octanol–water partition coefficient (Wildman–Crippen LogP) is 8.36. The largest absolute Gasteiger partial charge is 0.507 e. The van der Waals surface area contributed by atoms with Crippen LogP contribution in [-0.4, -0.2) is 24.6 Å². The van der Waals surface area contributed by atoms with E-state index in [-0.39, 0.29) is 5.75 Å². The van der Waals surface area contributed by atoms with Crippen molar-refractivity contribution >= 4 is 43.3 Å². The molecule has 2 aromatic heterocycles. The van der Waals surface area contributed by atoms with Crippen molar-refractivity contribution in [2.24, 2.45) is 0 Å². The fourth-order valence-corrected chi connectivity index (χ4v) is 5.34. The van der Waals surface area contributed by atoms with Gasteiger partial charge in [-0.05, 0) is 53.2 Å². The summed E-state index contributed by atoms with van der Waals surface area (Å²) in [6, 6.07) is 29.4. The summed E-state index contributed by atoms with van der Waals surface area (Å²) in [6.45, 7) is 1.91. The number of fused-ring (bicyclic) bond motifs is 3. The molecule has 0 aliphatic heterocycles. The number of aromatic hydroxyl groups is 1. The molecule has 40 heavy (non-hydrogen) atoms. The first-order chi connectivity index (χ1) is 19.6. The summed E-state index contributed by atoms with van der Waals surface area (Å²) in [4.78, 5) is 14.7. The number of benzene rings is 4. The van der Waals surface area contributed by atoms with E-state index in [0.717, 1.165) is 31.8 Å². The highest BCUT2D eigenvalue weighted by atomic mass is 79.9. The number of para-hydroxylation sites is 2. The maximum Gasteiger partial charge on any atom is 0.238 e. The summed E-state index contributed by atoms with van der Waals surface area (Å²) in [6.07, 6.45) is 11.2. The van der Waals surface area contributed by atoms with Gasteiger partial charge in [0.1, 0.15) is 5.75 Å². The van der Waals surface area contributed by atoms with Crippen molar-refractivity contribution in [1.82, 2.24) is 19.5 Å². The standard InChI is InChI=1S/C34H23BrN4O/c1-3-5-12-22(4-2)25-20-19-24(21-30(25)40)33-36-32(23-13-7-6-8-14-23)37-34(38-33)39-29-18-10-9-15-26(29)27-16-11-17-28(35)31(27)39/h2-3,5-21,40H,1H3/b5-3-,22-12+. The molecule has 0 aliphatic carbocycles. The molecule has 2 heterocycles. The average Bonchev–Trinajstić information content (AvgIpc) is 3.34. The van der Waals surface area contributed by atoms with Crippen molar-refractivity contribution in [3.05, 3.63) is 119 Å². The highest BCUT2D eigenvalue weighted by Crippen LogP contribution is 2.36. The van der Waals surface area contributed by atoms with Gasteiger partial charge in [0, 0.05) is 37.5 Å². The number of hydrogen-bond acceptors (Lipinski definition) is 4. The summed E-state index contributed by atoms with van der Waals surface area (Å²) < 4.78 is 2.98. The summed E-state index contributed by atoms with van der Waals surface area (Å²) in [5, 5.41) is 13.2. The Morgan fingerprint density at radius 3 is 2.33 bits per heavy atom. The van der Waals surface area contributed by atoms with E-state index in [9.17, 15) is 5.11 Å². The minimum absolute atomic E-state index is 0.0500. The topological polar surface area (TPSA) is 63.8 Å². The molecule has 0 bridgehead atoms. The molecule has 192 valence electrons. The van der Waals surface area contributed by atoms with Crippen LogP contribution in [0.2, 0.25) is 0 Å². The molecule has 0 radical (unpaired) electrons. The first-order valence-corrected chi connectivity index (χ1v) is 13.5. The van der Waals surface area contributed by atoms with E-state index in [1.165, 1.54) is 0 Å². The van der Waals surface area contributed by atoms with Crippen LogP contribution in [0.5, 0.6) is 5.75 Å². The van der Waals surface area contributed by atoms with Crippen LogP contribution in [0.3, 0.4) is 0 Å². The number of halogens is 1. The van der Waals surface area contributed by atoms with Gasteiger partial charge in [-0.3, -0.25) is 4.57 Å². The number of phenols is 1. The Kier molecular flexibility index (Phi) is 6.73. The van der Waals surface area contributed by atoms with E-state index < -0.39 is 0 Å². The van der Waals surface area contributed by atoms with Crippen molar-refractivity contribution in [3.63, 3.8) is 0 Å². The molecule has 6 rings (SSSR count). The molecule has 0 spiro atoms. The molecule has 0 fully saturated rings. The molecule has 0 aliphatic rings. The zero-order chi connectivity index (χ0) is 27.6. The van der Waals surface area contributed by atoms with E-state index in [2.05, 4.69) is 44.6 Å². The lowest BCUT2D eigenvalue weighted by Gasteiger charge is -2.12. The molecule has 5 nitrogen and oxygen atoms in total. The third kappa shape index (κ3) is 4.47. The lowest BCUT2D eigenvalue weighted by atomic mass is 10.0. The minimum Gasteiger partial charge on any atom is -0.507 e. The molecule has 0 saturated carbocycles. The van der Waals surface area contributed by atoms with E-state index in [4.69, 9.17) is 21.4 Å². The highest BCUT2D eigenvalue weighted by Gasteiger charge is 2.19. The van der Waals surface area contributed by atoms with Gasteiger partial charge in [0.2, 0.25) is 5.95 Å². The summed E-state index contributed by atoms with van der Waals surface area (Å²) in [5.74, 6) is 4.14. The van der Waals surface area contributed by atoms with Crippen molar-refractivity contribution < 1.29 is 5.11 Å². The lowest BCUT2D eigenvalue weighted by molar-refractivity contribution is 0.474. The van der Waals surface area contributed by atoms with Crippen molar-refractivity contribution in [2.45, 2.75) is 6.92 Å². The quantitative estimate of drug-likeness (QED) is 0.164. The lowest BCUT2D eigenvalue weighted by Crippen LogP contribution is -2.06. The van der Waals surface area contributed by atoms with E-state index in [1.54, 1.807) is 18.2 Å². The molecule has 4 aromatic carbocycles. The number of hydrogen-bond donors (Lipinski definition) is 1. The Bertz CT molecular complexity index is 2000. The number of rotatable bonds is 5. The third-order valence-corrected chi connectivity index (χ3v) is 7.30. The second-order valence-corrected chi connectivity index (χ2v) is 9.97. The smallest absolute Gasteiger partial charge is 0.238 e. The van der Waals surface area contributed by atoms with Crippen LogP contribution in [0, 0.1) is 12.3 Å². The Morgan fingerprint density at radius 1 is 0.850 bits per heavy atom. The highest BCUT2D eigenvalue weighted by molar-refractivity contribution is 9.10. The molecule has 0 amide bonds. The SMILES string of the molecule is C#C/C(=C\C=C/C)c1ccc(-c2nc(-c3ccccc3)nc(-n3c4ccccc4c4cccc(Br)c43)n2)cc1O. The second kappa shape index (κ2) is 10.6. The monoisotopic (exact) mass is 582 g/mol. The van der Waals surface area contributed by atoms with Crippen LogP contribution in [0.25, 0.3) is 56.1 Å². The number of phenolic OH excluding ortho intramolecular Hbond substituents is 1. The van der Waals surface area contributed by atoms with Gasteiger partial charge >= 0.3 is 0 Å². The van der Waals surface area contributed by atoms with Crippen LogP contribution in [0.15, 0.2) is 114 Å². The fraction of sp³-hybridized carbons (Fsp3) is 0.0294. The van der Waals surface area contributed by atoms with Gasteiger partial charge < -0.3 is 5.11 Å². The minimum atomic E-state index is 0.0500. The first-order valence-electron chi connectivity index (χ1n) is 12.7. The molecule has 6 aromatic rings. The molecule has 0 atom stereocenters. The number of nitrogens with zero attached hydrogens (tertiary/aromatic N) is 4. The van der Waals surface area contributed by atoms with Crippen LogP contribution in [0.4, 0.5) is 0 Å². The van der Waals surface area contributed by atoms with Crippen LogP contribution < -0.4 is 0 Å². The molecule has 1 N–H and O–H groups in total. The normalized spacial score (nSPS) is 11.9. The Balaban J connectivity index is 1.61. The Labute approximate surface area is 240 Å². The number of terminal acetylenes is 1. The van der Waals surface area contributed by atoms with E-state index in [0.29, 0.717) is 34.3 Å².